The van der Waals surface area contributed by atoms with E-state index in [2.05, 4.69) is 10.3 Å². The van der Waals surface area contributed by atoms with Gasteiger partial charge in [0.15, 0.2) is 0 Å². The minimum Gasteiger partial charge on any atom is -0.477 e. The molecule has 1 aliphatic rings. The summed E-state index contributed by atoms with van der Waals surface area (Å²) in [6.45, 7) is 2.00. The van der Waals surface area contributed by atoms with E-state index in [1.54, 1.807) is 18.2 Å². The highest BCUT2D eigenvalue weighted by molar-refractivity contribution is 6.30. The molecule has 1 N–H and O–H groups in total. The first-order valence-corrected chi connectivity index (χ1v) is 8.91. The van der Waals surface area contributed by atoms with Gasteiger partial charge < -0.3 is 19.5 Å². The second-order valence-electron chi connectivity index (χ2n) is 6.09. The monoisotopic (exact) mass is 430 g/mol. The Morgan fingerprint density at radius 3 is 3.00 bits per heavy atom. The molecule has 0 amide bonds. The minimum absolute atomic E-state index is 0. The lowest BCUT2D eigenvalue weighted by atomic mass is 9.96. The highest BCUT2D eigenvalue weighted by Crippen LogP contribution is 2.30. The van der Waals surface area contributed by atoms with Crippen molar-refractivity contribution in [3.05, 3.63) is 58.5 Å². The van der Waals surface area contributed by atoms with Crippen molar-refractivity contribution in [1.82, 2.24) is 10.3 Å². The van der Waals surface area contributed by atoms with Gasteiger partial charge in [-0.1, -0.05) is 17.7 Å². The molecule has 0 saturated carbocycles. The van der Waals surface area contributed by atoms with Crippen LogP contribution in [0.25, 0.3) is 0 Å². The number of aromatic nitrogens is 1. The molecule has 1 aromatic heterocycles. The number of ether oxygens (including phenoxy) is 3. The molecule has 0 radical (unpaired) electrons. The molecule has 2 atom stereocenters. The van der Waals surface area contributed by atoms with Crippen LogP contribution in [-0.4, -0.2) is 44.4 Å². The molecular weight excluding hydrogens is 410 g/mol. The Morgan fingerprint density at radius 2 is 2.25 bits per heavy atom. The van der Waals surface area contributed by atoms with Crippen LogP contribution in [0.15, 0.2) is 36.5 Å². The Morgan fingerprint density at radius 1 is 1.43 bits per heavy atom. The van der Waals surface area contributed by atoms with E-state index in [4.69, 9.17) is 25.8 Å². The average molecular weight is 431 g/mol. The molecule has 9 heteroatoms. The van der Waals surface area contributed by atoms with Crippen molar-refractivity contribution >= 4 is 30.0 Å². The lowest BCUT2D eigenvalue weighted by Gasteiger charge is -2.25. The van der Waals surface area contributed by atoms with Crippen LogP contribution < -0.4 is 10.1 Å². The van der Waals surface area contributed by atoms with Crippen LogP contribution in [0.4, 0.5) is 4.39 Å². The van der Waals surface area contributed by atoms with Gasteiger partial charge >= 0.3 is 5.97 Å². The highest BCUT2D eigenvalue weighted by atomic mass is 35.5. The van der Waals surface area contributed by atoms with E-state index in [0.29, 0.717) is 25.3 Å². The summed E-state index contributed by atoms with van der Waals surface area (Å²) >= 11 is 5.79. The molecule has 1 fully saturated rings. The van der Waals surface area contributed by atoms with E-state index < -0.39 is 11.8 Å². The normalized spacial score (nSPS) is 19.2. The van der Waals surface area contributed by atoms with E-state index in [1.165, 1.54) is 25.4 Å². The molecule has 2 aromatic rings. The molecule has 0 spiro atoms. The highest BCUT2D eigenvalue weighted by Gasteiger charge is 2.28. The van der Waals surface area contributed by atoms with Gasteiger partial charge in [-0.3, -0.25) is 0 Å². The molecule has 1 saturated heterocycles. The first-order valence-electron chi connectivity index (χ1n) is 8.53. The Kier molecular flexibility index (Phi) is 8.44. The first-order chi connectivity index (χ1) is 13.1. The van der Waals surface area contributed by atoms with E-state index in [0.717, 1.165) is 0 Å². The van der Waals surface area contributed by atoms with Crippen LogP contribution in [0.2, 0.25) is 5.02 Å². The Labute approximate surface area is 173 Å². The number of pyridine rings is 1. The first kappa shape index (κ1) is 22.4. The van der Waals surface area contributed by atoms with Gasteiger partial charge in [-0.2, -0.15) is 0 Å². The van der Waals surface area contributed by atoms with Gasteiger partial charge in [0.1, 0.15) is 11.4 Å². The lowest BCUT2D eigenvalue weighted by Crippen LogP contribution is -2.29. The largest absolute Gasteiger partial charge is 0.477 e. The van der Waals surface area contributed by atoms with Crippen molar-refractivity contribution in [1.29, 1.82) is 0 Å². The number of halogens is 3. The van der Waals surface area contributed by atoms with Gasteiger partial charge in [0.25, 0.3) is 0 Å². The molecule has 0 aliphatic carbocycles. The molecule has 3 rings (SSSR count). The van der Waals surface area contributed by atoms with E-state index in [-0.39, 0.29) is 47.5 Å². The number of carbonyl (C=O) groups excluding carboxylic acids is 1. The maximum atomic E-state index is 13.9. The van der Waals surface area contributed by atoms with Crippen LogP contribution in [0.5, 0.6) is 5.88 Å². The van der Waals surface area contributed by atoms with Gasteiger partial charge in [0.05, 0.1) is 31.5 Å². The third-order valence-corrected chi connectivity index (χ3v) is 4.60. The Bertz CT molecular complexity index is 809. The Hall–Kier alpha value is -1.93. The predicted octanol–water partition coefficient (Wildman–Crippen LogP) is 3.44. The van der Waals surface area contributed by atoms with Crippen LogP contribution in [0.1, 0.15) is 22.0 Å². The number of benzene rings is 1. The number of rotatable bonds is 5. The SMILES string of the molecule is COC(=O)c1cccnc1OC[C@@H]1CNCCO[C@H]1c1ccc(Cl)c(F)c1.Cl. The van der Waals surface area contributed by atoms with Crippen molar-refractivity contribution in [2.24, 2.45) is 5.92 Å². The summed E-state index contributed by atoms with van der Waals surface area (Å²) in [7, 11) is 1.30. The van der Waals surface area contributed by atoms with Gasteiger partial charge in [-0.25, -0.2) is 14.2 Å². The van der Waals surface area contributed by atoms with Crippen LogP contribution >= 0.6 is 24.0 Å². The number of hydrogen-bond acceptors (Lipinski definition) is 6. The molecule has 1 aromatic carbocycles. The molecular formula is C19H21Cl2FN2O4. The molecule has 1 aliphatic heterocycles. The summed E-state index contributed by atoms with van der Waals surface area (Å²) in [6, 6.07) is 7.86. The number of carbonyl (C=O) groups is 1. The minimum atomic E-state index is -0.523. The van der Waals surface area contributed by atoms with Crippen molar-refractivity contribution in [2.75, 3.05) is 33.4 Å². The van der Waals surface area contributed by atoms with Crippen molar-refractivity contribution in [3.8, 4) is 5.88 Å². The number of nitrogens with one attached hydrogen (secondary N) is 1. The summed E-state index contributed by atoms with van der Waals surface area (Å²) in [5.74, 6) is -0.952. The average Bonchev–Trinajstić information content (AvgIpc) is 2.93. The summed E-state index contributed by atoms with van der Waals surface area (Å²) in [6.07, 6.45) is 1.16. The zero-order chi connectivity index (χ0) is 19.2. The quantitative estimate of drug-likeness (QED) is 0.732. The van der Waals surface area contributed by atoms with Crippen LogP contribution in [-0.2, 0) is 9.47 Å². The van der Waals surface area contributed by atoms with Gasteiger partial charge in [-0.05, 0) is 29.8 Å². The van der Waals surface area contributed by atoms with Crippen molar-refractivity contribution < 1.29 is 23.4 Å². The fourth-order valence-corrected chi connectivity index (χ4v) is 3.07. The number of esters is 1. The third-order valence-electron chi connectivity index (χ3n) is 4.29. The smallest absolute Gasteiger partial charge is 0.343 e. The van der Waals surface area contributed by atoms with E-state index in [9.17, 15) is 9.18 Å². The standard InChI is InChI=1S/C19H20ClFN2O4.ClH/c1-25-19(24)14-3-2-6-23-18(14)27-11-13-10-22-7-8-26-17(13)12-4-5-15(20)16(21)9-12;/h2-6,9,13,17,22H,7-8,10-11H2,1H3;1H/t13-,17-;/m0./s1. The maximum absolute atomic E-state index is 13.9. The van der Waals surface area contributed by atoms with E-state index >= 15 is 0 Å². The zero-order valence-corrected chi connectivity index (χ0v) is 16.8. The fraction of sp³-hybridized carbons (Fsp3) is 0.368. The van der Waals surface area contributed by atoms with Crippen molar-refractivity contribution in [3.63, 3.8) is 0 Å². The number of methoxy groups -OCH3 is 1. The molecule has 152 valence electrons. The fourth-order valence-electron chi connectivity index (χ4n) is 2.95. The van der Waals surface area contributed by atoms with Gasteiger partial charge in [0.2, 0.25) is 5.88 Å². The summed E-state index contributed by atoms with van der Waals surface area (Å²) in [5.41, 5.74) is 0.931. The molecule has 6 nitrogen and oxygen atoms in total. The third kappa shape index (κ3) is 5.32. The van der Waals surface area contributed by atoms with Crippen LogP contribution in [0.3, 0.4) is 0 Å². The maximum Gasteiger partial charge on any atom is 0.343 e. The lowest BCUT2D eigenvalue weighted by molar-refractivity contribution is 0.0143. The Balaban J connectivity index is 0.00000280. The second-order valence-corrected chi connectivity index (χ2v) is 6.50. The molecule has 0 unspecified atom stereocenters. The topological polar surface area (TPSA) is 69.7 Å². The molecule has 0 bridgehead atoms. The molecule has 2 heterocycles. The summed E-state index contributed by atoms with van der Waals surface area (Å²) in [4.78, 5) is 16.0. The number of hydrogen-bond donors (Lipinski definition) is 1. The second kappa shape index (κ2) is 10.6. The van der Waals surface area contributed by atoms with Crippen LogP contribution in [0, 0.1) is 11.7 Å². The number of nitrogens with zero attached hydrogens (tertiary/aromatic N) is 1. The van der Waals surface area contributed by atoms with Crippen molar-refractivity contribution in [2.45, 2.75) is 6.10 Å². The van der Waals surface area contributed by atoms with E-state index in [1.807, 2.05) is 0 Å². The predicted molar refractivity (Wildman–Crippen MR) is 105 cm³/mol. The summed E-state index contributed by atoms with van der Waals surface area (Å²) in [5, 5.41) is 3.34. The summed E-state index contributed by atoms with van der Waals surface area (Å²) < 4.78 is 30.4. The van der Waals surface area contributed by atoms with Gasteiger partial charge in [0, 0.05) is 25.2 Å². The van der Waals surface area contributed by atoms with Gasteiger partial charge in [-0.15, -0.1) is 12.4 Å². The zero-order valence-electron chi connectivity index (χ0n) is 15.2. The molecule has 28 heavy (non-hydrogen) atoms.